The highest BCUT2D eigenvalue weighted by molar-refractivity contribution is 5.70. The molecule has 0 saturated heterocycles. The molecule has 0 bridgehead atoms. The van der Waals surface area contributed by atoms with Crippen LogP contribution in [0.5, 0.6) is 11.5 Å². The predicted octanol–water partition coefficient (Wildman–Crippen LogP) is 4.74. The Hall–Kier alpha value is -2.22. The van der Waals surface area contributed by atoms with Crippen LogP contribution in [0.15, 0.2) is 48.5 Å². The molecule has 2 aromatic carbocycles. The minimum atomic E-state index is 0.228. The number of ether oxygens (including phenoxy) is 1. The van der Waals surface area contributed by atoms with E-state index in [4.69, 9.17) is 4.74 Å². The summed E-state index contributed by atoms with van der Waals surface area (Å²) in [6.07, 6.45) is 6.11. The first-order valence-corrected chi connectivity index (χ1v) is 6.98. The lowest BCUT2D eigenvalue weighted by atomic mass is 10.1. The van der Waals surface area contributed by atoms with Gasteiger partial charge in [0.15, 0.2) is 0 Å². The van der Waals surface area contributed by atoms with Gasteiger partial charge >= 0.3 is 0 Å². The van der Waals surface area contributed by atoms with Crippen LogP contribution in [0.25, 0.3) is 12.2 Å². The van der Waals surface area contributed by atoms with E-state index in [1.807, 2.05) is 48.6 Å². The first kappa shape index (κ1) is 14.2. The second kappa shape index (κ2) is 7.39. The largest absolute Gasteiger partial charge is 0.508 e. The number of rotatable bonds is 6. The van der Waals surface area contributed by atoms with Crippen LogP contribution in [0.1, 0.15) is 30.9 Å². The average Bonchev–Trinajstić information content (AvgIpc) is 2.46. The molecule has 0 aliphatic heterocycles. The molecule has 0 amide bonds. The Balaban J connectivity index is 2.09. The van der Waals surface area contributed by atoms with Gasteiger partial charge in [-0.25, -0.2) is 0 Å². The zero-order chi connectivity index (χ0) is 14.2. The molecule has 0 atom stereocenters. The molecule has 0 aliphatic rings. The molecule has 1 N–H and O–H groups in total. The number of hydrogen-bond donors (Lipinski definition) is 1. The molecule has 0 radical (unpaired) electrons. The molecule has 104 valence electrons. The van der Waals surface area contributed by atoms with Crippen molar-refractivity contribution < 1.29 is 9.84 Å². The van der Waals surface area contributed by atoms with Crippen LogP contribution in [0.2, 0.25) is 0 Å². The summed E-state index contributed by atoms with van der Waals surface area (Å²) in [6, 6.07) is 15.4. The van der Waals surface area contributed by atoms with Gasteiger partial charge in [0, 0.05) is 6.07 Å². The smallest absolute Gasteiger partial charge is 0.123 e. The SMILES string of the molecule is CCCCOc1cc(O)cc(/C=C/c2ccccc2)c1. The topological polar surface area (TPSA) is 29.5 Å². The molecular formula is C18H20O2. The summed E-state index contributed by atoms with van der Waals surface area (Å²) in [5.74, 6) is 0.942. The highest BCUT2D eigenvalue weighted by Gasteiger charge is 1.99. The minimum absolute atomic E-state index is 0.228. The Bertz CT molecular complexity index is 559. The number of benzene rings is 2. The molecule has 0 spiro atoms. The summed E-state index contributed by atoms with van der Waals surface area (Å²) in [6.45, 7) is 2.81. The van der Waals surface area contributed by atoms with E-state index in [0.29, 0.717) is 12.4 Å². The van der Waals surface area contributed by atoms with Crippen LogP contribution < -0.4 is 4.74 Å². The highest BCUT2D eigenvalue weighted by atomic mass is 16.5. The van der Waals surface area contributed by atoms with Crippen molar-refractivity contribution in [3.8, 4) is 11.5 Å². The molecule has 0 unspecified atom stereocenters. The van der Waals surface area contributed by atoms with Crippen molar-refractivity contribution in [3.05, 3.63) is 59.7 Å². The first-order valence-electron chi connectivity index (χ1n) is 6.98. The molecule has 0 saturated carbocycles. The van der Waals surface area contributed by atoms with E-state index in [2.05, 4.69) is 6.92 Å². The second-order valence-corrected chi connectivity index (χ2v) is 4.71. The second-order valence-electron chi connectivity index (χ2n) is 4.71. The van der Waals surface area contributed by atoms with E-state index in [9.17, 15) is 5.11 Å². The van der Waals surface area contributed by atoms with Crippen molar-refractivity contribution in [2.24, 2.45) is 0 Å². The molecule has 2 nitrogen and oxygen atoms in total. The van der Waals surface area contributed by atoms with Gasteiger partial charge in [0.1, 0.15) is 11.5 Å². The van der Waals surface area contributed by atoms with Crippen molar-refractivity contribution in [3.63, 3.8) is 0 Å². The van der Waals surface area contributed by atoms with Crippen molar-refractivity contribution in [1.29, 1.82) is 0 Å². The number of hydrogen-bond acceptors (Lipinski definition) is 2. The zero-order valence-corrected chi connectivity index (χ0v) is 11.8. The Labute approximate surface area is 120 Å². The van der Waals surface area contributed by atoms with E-state index in [1.165, 1.54) is 0 Å². The van der Waals surface area contributed by atoms with Gasteiger partial charge in [0.25, 0.3) is 0 Å². The lowest BCUT2D eigenvalue weighted by Gasteiger charge is -2.07. The molecule has 0 heterocycles. The Morgan fingerprint density at radius 1 is 1.00 bits per heavy atom. The van der Waals surface area contributed by atoms with E-state index < -0.39 is 0 Å². The summed E-state index contributed by atoms with van der Waals surface area (Å²) in [7, 11) is 0. The maximum Gasteiger partial charge on any atom is 0.123 e. The third-order valence-corrected chi connectivity index (χ3v) is 2.95. The van der Waals surface area contributed by atoms with Gasteiger partial charge in [-0.3, -0.25) is 0 Å². The normalized spacial score (nSPS) is 10.8. The highest BCUT2D eigenvalue weighted by Crippen LogP contribution is 2.23. The first-order chi connectivity index (χ1) is 9.78. The minimum Gasteiger partial charge on any atom is -0.508 e. The zero-order valence-electron chi connectivity index (χ0n) is 11.8. The van der Waals surface area contributed by atoms with Crippen LogP contribution in [-0.4, -0.2) is 11.7 Å². The Morgan fingerprint density at radius 2 is 1.75 bits per heavy atom. The van der Waals surface area contributed by atoms with Crippen molar-refractivity contribution in [2.75, 3.05) is 6.61 Å². The number of aromatic hydroxyl groups is 1. The van der Waals surface area contributed by atoms with Gasteiger partial charge in [0.05, 0.1) is 6.61 Å². The van der Waals surface area contributed by atoms with E-state index >= 15 is 0 Å². The van der Waals surface area contributed by atoms with Crippen molar-refractivity contribution in [2.45, 2.75) is 19.8 Å². The number of phenolic OH excluding ortho intramolecular Hbond substituents is 1. The van der Waals surface area contributed by atoms with Crippen LogP contribution in [0.4, 0.5) is 0 Å². The monoisotopic (exact) mass is 268 g/mol. The summed E-state index contributed by atoms with van der Waals surface area (Å²) in [5.41, 5.74) is 2.06. The van der Waals surface area contributed by atoms with Crippen LogP contribution >= 0.6 is 0 Å². The van der Waals surface area contributed by atoms with Gasteiger partial charge < -0.3 is 9.84 Å². The van der Waals surface area contributed by atoms with Gasteiger partial charge in [-0.1, -0.05) is 55.8 Å². The molecule has 20 heavy (non-hydrogen) atoms. The quantitative estimate of drug-likeness (QED) is 0.605. The van der Waals surface area contributed by atoms with Gasteiger partial charge in [0.2, 0.25) is 0 Å². The lowest BCUT2D eigenvalue weighted by Crippen LogP contribution is -1.96. The number of phenols is 1. The van der Waals surface area contributed by atoms with Gasteiger partial charge in [-0.15, -0.1) is 0 Å². The third-order valence-electron chi connectivity index (χ3n) is 2.95. The molecule has 2 rings (SSSR count). The maximum absolute atomic E-state index is 9.73. The van der Waals surface area contributed by atoms with Crippen LogP contribution in [-0.2, 0) is 0 Å². The number of unbranched alkanes of at least 4 members (excludes halogenated alkanes) is 1. The summed E-state index contributed by atoms with van der Waals surface area (Å²) in [4.78, 5) is 0. The summed E-state index contributed by atoms with van der Waals surface area (Å²) < 4.78 is 5.63. The van der Waals surface area contributed by atoms with Gasteiger partial charge in [-0.05, 0) is 29.7 Å². The standard InChI is InChI=1S/C18H20O2/c1-2-3-11-20-18-13-16(12-17(19)14-18)10-9-15-7-5-4-6-8-15/h4-10,12-14,19H,2-3,11H2,1H3/b10-9+. The van der Waals surface area contributed by atoms with Crippen LogP contribution in [0.3, 0.4) is 0 Å². The molecule has 2 aromatic rings. The Morgan fingerprint density at radius 3 is 2.50 bits per heavy atom. The maximum atomic E-state index is 9.73. The average molecular weight is 268 g/mol. The molecule has 2 heteroatoms. The third kappa shape index (κ3) is 4.47. The van der Waals surface area contributed by atoms with Crippen molar-refractivity contribution in [1.82, 2.24) is 0 Å². The molecule has 0 aromatic heterocycles. The predicted molar refractivity (Wildman–Crippen MR) is 83.9 cm³/mol. The lowest BCUT2D eigenvalue weighted by molar-refractivity contribution is 0.307. The van der Waals surface area contributed by atoms with Gasteiger partial charge in [-0.2, -0.15) is 0 Å². The van der Waals surface area contributed by atoms with Crippen molar-refractivity contribution >= 4 is 12.2 Å². The van der Waals surface area contributed by atoms with Crippen LogP contribution in [0, 0.1) is 0 Å². The fraction of sp³-hybridized carbons (Fsp3) is 0.222. The molecular weight excluding hydrogens is 248 g/mol. The summed E-state index contributed by atoms with van der Waals surface area (Å²) >= 11 is 0. The van der Waals surface area contributed by atoms with E-state index in [-0.39, 0.29) is 5.75 Å². The molecule has 0 fully saturated rings. The Kier molecular flexibility index (Phi) is 5.24. The fourth-order valence-corrected chi connectivity index (χ4v) is 1.88. The molecule has 0 aliphatic carbocycles. The van der Waals surface area contributed by atoms with E-state index in [1.54, 1.807) is 12.1 Å². The summed E-state index contributed by atoms with van der Waals surface area (Å²) in [5, 5.41) is 9.73. The fourth-order valence-electron chi connectivity index (χ4n) is 1.88. The van der Waals surface area contributed by atoms with E-state index in [0.717, 1.165) is 24.0 Å².